The van der Waals surface area contributed by atoms with Crippen LogP contribution in [0, 0.1) is 0 Å². The highest BCUT2D eigenvalue weighted by atomic mass is 35.5. The number of aromatic nitrogens is 2. The van der Waals surface area contributed by atoms with Crippen LogP contribution in [0.3, 0.4) is 0 Å². The zero-order valence-corrected chi connectivity index (χ0v) is 16.3. The Morgan fingerprint density at radius 2 is 1.71 bits per heavy atom. The first-order valence-corrected chi connectivity index (χ1v) is 9.72. The molecule has 0 saturated carbocycles. The van der Waals surface area contributed by atoms with Crippen LogP contribution in [0.15, 0.2) is 48.5 Å². The summed E-state index contributed by atoms with van der Waals surface area (Å²) in [5, 5.41) is 1.52. The Kier molecular flexibility index (Phi) is 5.41. The molecule has 0 bridgehead atoms. The molecule has 0 radical (unpaired) electrons. The molecule has 1 amide bonds. The number of carbonyl (C=O) groups is 1. The molecule has 0 spiro atoms. The third kappa shape index (κ3) is 4.08. The number of halogens is 1. The van der Waals surface area contributed by atoms with Crippen molar-refractivity contribution in [1.29, 1.82) is 0 Å². The number of amides is 1. The van der Waals surface area contributed by atoms with Crippen molar-refractivity contribution in [3.63, 3.8) is 0 Å². The van der Waals surface area contributed by atoms with E-state index >= 15 is 0 Å². The molecule has 4 rings (SSSR count). The zero-order chi connectivity index (χ0) is 19.5. The van der Waals surface area contributed by atoms with E-state index < -0.39 is 0 Å². The summed E-state index contributed by atoms with van der Waals surface area (Å²) in [6, 6.07) is 15.2. The maximum Gasteiger partial charge on any atom is 0.227 e. The van der Waals surface area contributed by atoms with Crippen LogP contribution in [-0.2, 0) is 17.8 Å². The SMILES string of the molecule is Nc1nc(CN2CCN(C(=O)Cc3ccccc3Cl)CC2)nc2ccccc12. The number of nitrogens with two attached hydrogens (primary N) is 1. The number of carbonyl (C=O) groups excluding carboxylic acids is 1. The van der Waals surface area contributed by atoms with Crippen LogP contribution >= 0.6 is 11.6 Å². The van der Waals surface area contributed by atoms with Gasteiger partial charge in [-0.05, 0) is 23.8 Å². The van der Waals surface area contributed by atoms with Gasteiger partial charge in [0.2, 0.25) is 5.91 Å². The minimum absolute atomic E-state index is 0.110. The van der Waals surface area contributed by atoms with Crippen LogP contribution in [0.25, 0.3) is 10.9 Å². The van der Waals surface area contributed by atoms with Gasteiger partial charge in [-0.1, -0.05) is 41.9 Å². The summed E-state index contributed by atoms with van der Waals surface area (Å²) < 4.78 is 0. The molecule has 1 fully saturated rings. The number of fused-ring (bicyclic) bond motifs is 1. The van der Waals surface area contributed by atoms with Crippen molar-refractivity contribution in [3.8, 4) is 0 Å². The van der Waals surface area contributed by atoms with E-state index in [9.17, 15) is 4.79 Å². The number of nitrogens with zero attached hydrogens (tertiary/aromatic N) is 4. The summed E-state index contributed by atoms with van der Waals surface area (Å²) in [4.78, 5) is 25.8. The fourth-order valence-corrected chi connectivity index (χ4v) is 3.70. The summed E-state index contributed by atoms with van der Waals surface area (Å²) in [5.41, 5.74) is 7.81. The van der Waals surface area contributed by atoms with Gasteiger partial charge in [-0.3, -0.25) is 9.69 Å². The Hall–Kier alpha value is -2.70. The molecule has 0 unspecified atom stereocenters. The molecule has 6 nitrogen and oxygen atoms in total. The number of hydrogen-bond donors (Lipinski definition) is 1. The Balaban J connectivity index is 1.35. The van der Waals surface area contributed by atoms with Crippen LogP contribution in [0.5, 0.6) is 0 Å². The Labute approximate surface area is 168 Å². The van der Waals surface area contributed by atoms with Crippen LogP contribution in [0.2, 0.25) is 5.02 Å². The van der Waals surface area contributed by atoms with Gasteiger partial charge in [-0.2, -0.15) is 0 Å². The van der Waals surface area contributed by atoms with E-state index in [4.69, 9.17) is 17.3 Å². The van der Waals surface area contributed by atoms with Gasteiger partial charge in [0.1, 0.15) is 11.6 Å². The smallest absolute Gasteiger partial charge is 0.227 e. The summed E-state index contributed by atoms with van der Waals surface area (Å²) in [5.74, 6) is 1.33. The van der Waals surface area contributed by atoms with Crippen molar-refractivity contribution < 1.29 is 4.79 Å². The second-order valence-corrected chi connectivity index (χ2v) is 7.37. The summed E-state index contributed by atoms with van der Waals surface area (Å²) >= 11 is 6.17. The van der Waals surface area contributed by atoms with Gasteiger partial charge in [-0.15, -0.1) is 0 Å². The minimum Gasteiger partial charge on any atom is -0.383 e. The van der Waals surface area contributed by atoms with Crippen LogP contribution < -0.4 is 5.73 Å². The lowest BCUT2D eigenvalue weighted by atomic mass is 10.1. The van der Waals surface area contributed by atoms with E-state index in [1.165, 1.54) is 0 Å². The fourth-order valence-electron chi connectivity index (χ4n) is 3.49. The van der Waals surface area contributed by atoms with E-state index in [0.29, 0.717) is 42.7 Å². The first kappa shape index (κ1) is 18.7. The minimum atomic E-state index is 0.110. The largest absolute Gasteiger partial charge is 0.383 e. The van der Waals surface area contributed by atoms with E-state index in [-0.39, 0.29) is 5.91 Å². The number of piperazine rings is 1. The van der Waals surface area contributed by atoms with Gasteiger partial charge in [-0.25, -0.2) is 9.97 Å². The lowest BCUT2D eigenvalue weighted by Gasteiger charge is -2.34. The molecule has 7 heteroatoms. The Bertz CT molecular complexity index is 1000. The molecule has 0 aliphatic carbocycles. The van der Waals surface area contributed by atoms with Crippen molar-refractivity contribution in [1.82, 2.24) is 19.8 Å². The van der Waals surface area contributed by atoms with Gasteiger partial charge >= 0.3 is 0 Å². The number of anilines is 1. The molecule has 1 aliphatic heterocycles. The van der Waals surface area contributed by atoms with Gasteiger partial charge in [0, 0.05) is 36.6 Å². The molecule has 1 aromatic heterocycles. The number of para-hydroxylation sites is 1. The predicted molar refractivity (Wildman–Crippen MR) is 111 cm³/mol. The fraction of sp³-hybridized carbons (Fsp3) is 0.286. The maximum absolute atomic E-state index is 12.6. The van der Waals surface area contributed by atoms with Crippen molar-refractivity contribution >= 4 is 34.2 Å². The van der Waals surface area contributed by atoms with Gasteiger partial charge in [0.05, 0.1) is 18.5 Å². The van der Waals surface area contributed by atoms with E-state index in [1.54, 1.807) is 0 Å². The van der Waals surface area contributed by atoms with Crippen molar-refractivity contribution in [2.45, 2.75) is 13.0 Å². The van der Waals surface area contributed by atoms with Gasteiger partial charge in [0.25, 0.3) is 0 Å². The van der Waals surface area contributed by atoms with Gasteiger partial charge in [0.15, 0.2) is 0 Å². The van der Waals surface area contributed by atoms with Crippen LogP contribution in [-0.4, -0.2) is 51.9 Å². The zero-order valence-electron chi connectivity index (χ0n) is 15.5. The van der Waals surface area contributed by atoms with Crippen molar-refractivity contribution in [3.05, 3.63) is 64.9 Å². The lowest BCUT2D eigenvalue weighted by molar-refractivity contribution is -0.132. The summed E-state index contributed by atoms with van der Waals surface area (Å²) in [7, 11) is 0. The summed E-state index contributed by atoms with van der Waals surface area (Å²) in [6.45, 7) is 3.56. The van der Waals surface area contributed by atoms with E-state index in [2.05, 4.69) is 14.9 Å². The number of benzene rings is 2. The first-order chi connectivity index (χ1) is 13.6. The second kappa shape index (κ2) is 8.12. The Morgan fingerprint density at radius 3 is 2.50 bits per heavy atom. The van der Waals surface area contributed by atoms with E-state index in [0.717, 1.165) is 29.6 Å². The molecule has 1 aliphatic rings. The van der Waals surface area contributed by atoms with Crippen LogP contribution in [0.1, 0.15) is 11.4 Å². The summed E-state index contributed by atoms with van der Waals surface area (Å²) in [6.07, 6.45) is 0.337. The first-order valence-electron chi connectivity index (χ1n) is 9.35. The molecule has 2 heterocycles. The highest BCUT2D eigenvalue weighted by Crippen LogP contribution is 2.19. The van der Waals surface area contributed by atoms with Crippen LogP contribution in [0.4, 0.5) is 5.82 Å². The van der Waals surface area contributed by atoms with E-state index in [1.807, 2.05) is 53.4 Å². The van der Waals surface area contributed by atoms with Crippen molar-refractivity contribution in [2.24, 2.45) is 0 Å². The van der Waals surface area contributed by atoms with Gasteiger partial charge < -0.3 is 10.6 Å². The number of hydrogen-bond acceptors (Lipinski definition) is 5. The highest BCUT2D eigenvalue weighted by molar-refractivity contribution is 6.31. The number of nitrogen functional groups attached to an aromatic ring is 1. The standard InChI is InChI=1S/C21H22ClN5O/c22-17-7-3-1-5-15(17)13-20(28)27-11-9-26(10-12-27)14-19-24-18-8-4-2-6-16(18)21(23)25-19/h1-8H,9-14H2,(H2,23,24,25). The normalized spacial score (nSPS) is 15.1. The highest BCUT2D eigenvalue weighted by Gasteiger charge is 2.22. The number of rotatable bonds is 4. The molecule has 1 saturated heterocycles. The molecule has 28 heavy (non-hydrogen) atoms. The monoisotopic (exact) mass is 395 g/mol. The molecular weight excluding hydrogens is 374 g/mol. The maximum atomic E-state index is 12.6. The third-order valence-electron chi connectivity index (χ3n) is 5.07. The van der Waals surface area contributed by atoms with Crippen molar-refractivity contribution in [2.75, 3.05) is 31.9 Å². The topological polar surface area (TPSA) is 75.3 Å². The Morgan fingerprint density at radius 1 is 1.00 bits per heavy atom. The third-order valence-corrected chi connectivity index (χ3v) is 5.44. The quantitative estimate of drug-likeness (QED) is 0.735. The second-order valence-electron chi connectivity index (χ2n) is 6.97. The lowest BCUT2D eigenvalue weighted by Crippen LogP contribution is -2.48. The molecule has 2 aromatic carbocycles. The molecule has 2 N–H and O–H groups in total. The molecule has 0 atom stereocenters. The average molecular weight is 396 g/mol. The predicted octanol–water partition coefficient (Wildman–Crippen LogP) is 2.75. The average Bonchev–Trinajstić information content (AvgIpc) is 2.70. The molecule has 144 valence electrons. The molecular formula is C21H22ClN5O. The molecule has 3 aromatic rings.